The molecule has 0 spiro atoms. The van der Waals surface area contributed by atoms with Gasteiger partial charge in [0.1, 0.15) is 17.3 Å². The summed E-state index contributed by atoms with van der Waals surface area (Å²) in [5.74, 6) is -2.74. The number of anilines is 1. The van der Waals surface area contributed by atoms with Crippen molar-refractivity contribution in [3.05, 3.63) is 100 Å². The average molecular weight is 513 g/mol. The Bertz CT molecular complexity index is 1390. The van der Waals surface area contributed by atoms with Crippen LogP contribution in [0.15, 0.2) is 72.3 Å². The summed E-state index contributed by atoms with van der Waals surface area (Å²) in [6, 6.07) is 12.2. The van der Waals surface area contributed by atoms with Crippen LogP contribution >= 0.6 is 0 Å². The van der Waals surface area contributed by atoms with Crippen LogP contribution in [0.1, 0.15) is 42.1 Å². The van der Waals surface area contributed by atoms with Gasteiger partial charge in [0.05, 0.1) is 23.3 Å². The van der Waals surface area contributed by atoms with Crippen molar-refractivity contribution < 1.29 is 37.0 Å². The zero-order valence-electron chi connectivity index (χ0n) is 20.1. The number of aryl methyl sites for hydroxylation is 1. The highest BCUT2D eigenvalue weighted by Crippen LogP contribution is 2.43. The summed E-state index contributed by atoms with van der Waals surface area (Å²) in [6.07, 6.45) is -4.79. The molecule has 0 aromatic heterocycles. The number of ketones is 1. The van der Waals surface area contributed by atoms with Crippen molar-refractivity contribution in [2.24, 2.45) is 0 Å². The summed E-state index contributed by atoms with van der Waals surface area (Å²) in [4.78, 5) is 27.3. The molecule has 3 aromatic carbocycles. The molecule has 9 heteroatoms. The van der Waals surface area contributed by atoms with E-state index >= 15 is 0 Å². The van der Waals surface area contributed by atoms with Gasteiger partial charge in [0, 0.05) is 11.3 Å². The number of amides is 1. The molecule has 0 aliphatic carbocycles. The fraction of sp³-hybridized carbons (Fsp3) is 0.214. The fourth-order valence-corrected chi connectivity index (χ4v) is 4.23. The lowest BCUT2D eigenvalue weighted by molar-refractivity contribution is -0.137. The number of nitrogens with zero attached hydrogens (tertiary/aromatic N) is 1. The van der Waals surface area contributed by atoms with Gasteiger partial charge in [-0.3, -0.25) is 14.5 Å². The van der Waals surface area contributed by atoms with E-state index in [1.54, 1.807) is 19.1 Å². The molecule has 1 saturated heterocycles. The van der Waals surface area contributed by atoms with E-state index in [0.29, 0.717) is 11.3 Å². The van der Waals surface area contributed by atoms with E-state index in [-0.39, 0.29) is 28.5 Å². The van der Waals surface area contributed by atoms with Crippen LogP contribution in [0.3, 0.4) is 0 Å². The third-order valence-electron chi connectivity index (χ3n) is 5.89. The van der Waals surface area contributed by atoms with Gasteiger partial charge in [-0.05, 0) is 80.4 Å². The number of alkyl halides is 3. The highest BCUT2D eigenvalue weighted by atomic mass is 19.4. The van der Waals surface area contributed by atoms with Crippen LogP contribution in [-0.4, -0.2) is 22.9 Å². The van der Waals surface area contributed by atoms with Crippen LogP contribution < -0.4 is 9.64 Å². The Kier molecular flexibility index (Phi) is 6.82. The molecule has 37 heavy (non-hydrogen) atoms. The Morgan fingerprint density at radius 3 is 2.27 bits per heavy atom. The van der Waals surface area contributed by atoms with Crippen LogP contribution in [-0.2, 0) is 15.8 Å². The molecule has 1 amide bonds. The molecule has 3 aromatic rings. The number of benzene rings is 3. The van der Waals surface area contributed by atoms with Crippen molar-refractivity contribution in [1.29, 1.82) is 0 Å². The van der Waals surface area contributed by atoms with E-state index < -0.39 is 41.0 Å². The number of halogens is 4. The van der Waals surface area contributed by atoms with Gasteiger partial charge < -0.3 is 9.84 Å². The predicted octanol–water partition coefficient (Wildman–Crippen LogP) is 6.57. The van der Waals surface area contributed by atoms with Crippen molar-refractivity contribution in [2.75, 3.05) is 4.90 Å². The minimum absolute atomic E-state index is 0.102. The second-order valence-corrected chi connectivity index (χ2v) is 8.92. The van der Waals surface area contributed by atoms with E-state index in [0.717, 1.165) is 35.2 Å². The Labute approximate surface area is 210 Å². The van der Waals surface area contributed by atoms with Gasteiger partial charge in [-0.15, -0.1) is 0 Å². The number of Topliss-reactive ketones (excluding diaryl/α,β-unsaturated/α-hetero) is 1. The van der Waals surface area contributed by atoms with Crippen LogP contribution in [0.4, 0.5) is 23.2 Å². The number of carbonyl (C=O) groups excluding carboxylic acids is 2. The Morgan fingerprint density at radius 2 is 1.68 bits per heavy atom. The van der Waals surface area contributed by atoms with Gasteiger partial charge in [0.2, 0.25) is 0 Å². The van der Waals surface area contributed by atoms with Gasteiger partial charge in [-0.2, -0.15) is 13.2 Å². The normalized spacial score (nSPS) is 17.5. The molecule has 0 bridgehead atoms. The maximum absolute atomic E-state index is 13.7. The summed E-state index contributed by atoms with van der Waals surface area (Å²) < 4.78 is 59.6. The number of carbonyl (C=O) groups is 2. The topological polar surface area (TPSA) is 66.8 Å². The van der Waals surface area contributed by atoms with Crippen LogP contribution in [0, 0.1) is 12.7 Å². The average Bonchev–Trinajstić information content (AvgIpc) is 3.10. The van der Waals surface area contributed by atoms with Crippen LogP contribution in [0.5, 0.6) is 5.75 Å². The lowest BCUT2D eigenvalue weighted by atomic mass is 9.94. The van der Waals surface area contributed by atoms with Crippen LogP contribution in [0.25, 0.3) is 5.76 Å². The summed E-state index contributed by atoms with van der Waals surface area (Å²) in [5.41, 5.74) is -0.434. The fourth-order valence-electron chi connectivity index (χ4n) is 4.23. The molecule has 5 nitrogen and oxygen atoms in total. The maximum Gasteiger partial charge on any atom is 0.416 e. The van der Waals surface area contributed by atoms with Crippen molar-refractivity contribution in [3.8, 4) is 5.75 Å². The van der Waals surface area contributed by atoms with Crippen molar-refractivity contribution in [2.45, 2.75) is 39.1 Å². The Morgan fingerprint density at radius 1 is 1.00 bits per heavy atom. The Balaban J connectivity index is 1.90. The first-order valence-electron chi connectivity index (χ1n) is 11.4. The predicted molar refractivity (Wildman–Crippen MR) is 130 cm³/mol. The number of hydrogen-bond acceptors (Lipinski definition) is 4. The summed E-state index contributed by atoms with van der Waals surface area (Å²) in [6.45, 7) is 5.45. The molecule has 1 atom stereocenters. The zero-order valence-corrected chi connectivity index (χ0v) is 20.1. The minimum Gasteiger partial charge on any atom is -0.507 e. The first-order valence-corrected chi connectivity index (χ1v) is 11.4. The summed E-state index contributed by atoms with van der Waals surface area (Å²) in [5, 5.41) is 11.2. The van der Waals surface area contributed by atoms with E-state index in [1.165, 1.54) is 24.3 Å². The first-order chi connectivity index (χ1) is 17.4. The Hall–Kier alpha value is -4.14. The second-order valence-electron chi connectivity index (χ2n) is 8.92. The monoisotopic (exact) mass is 513 g/mol. The highest BCUT2D eigenvalue weighted by Gasteiger charge is 2.47. The standard InChI is InChI=1S/C28H23F4NO4/c1-15(2)37-22-12-9-18(13-16(22)3)25(34)23-24(17-7-10-20(29)11-8-17)33(27(36)26(23)35)21-6-4-5-19(14-21)28(30,31)32/h4-15,24,34H,1-3H3/b25-23+. The largest absolute Gasteiger partial charge is 0.507 e. The minimum atomic E-state index is -4.69. The molecular weight excluding hydrogens is 490 g/mol. The third-order valence-corrected chi connectivity index (χ3v) is 5.89. The van der Waals surface area contributed by atoms with Crippen molar-refractivity contribution >= 4 is 23.1 Å². The molecule has 1 unspecified atom stereocenters. The smallest absolute Gasteiger partial charge is 0.416 e. The number of aliphatic hydroxyl groups excluding tert-OH is 1. The molecule has 1 heterocycles. The van der Waals surface area contributed by atoms with E-state index in [1.807, 2.05) is 13.8 Å². The lowest BCUT2D eigenvalue weighted by Gasteiger charge is -2.26. The van der Waals surface area contributed by atoms with E-state index in [2.05, 4.69) is 0 Å². The van der Waals surface area contributed by atoms with Crippen molar-refractivity contribution in [3.63, 3.8) is 0 Å². The number of hydrogen-bond donors (Lipinski definition) is 1. The van der Waals surface area contributed by atoms with Gasteiger partial charge in [0.15, 0.2) is 0 Å². The van der Waals surface area contributed by atoms with Gasteiger partial charge >= 0.3 is 6.18 Å². The molecule has 1 aliphatic heterocycles. The molecule has 0 radical (unpaired) electrons. The number of rotatable bonds is 5. The van der Waals surface area contributed by atoms with E-state index in [4.69, 9.17) is 4.74 Å². The quantitative estimate of drug-likeness (QED) is 0.182. The second kappa shape index (κ2) is 9.72. The lowest BCUT2D eigenvalue weighted by Crippen LogP contribution is -2.29. The summed E-state index contributed by atoms with van der Waals surface area (Å²) >= 11 is 0. The SMILES string of the molecule is Cc1cc(/C(O)=C2\C(=O)C(=O)N(c3cccc(C(F)(F)F)c3)C2c2ccc(F)cc2)ccc1OC(C)C. The first kappa shape index (κ1) is 25.9. The molecule has 1 aliphatic rings. The number of aliphatic hydroxyl groups is 1. The number of ether oxygens (including phenoxy) is 1. The van der Waals surface area contributed by atoms with Gasteiger partial charge in [-0.1, -0.05) is 18.2 Å². The van der Waals surface area contributed by atoms with Crippen molar-refractivity contribution in [1.82, 2.24) is 0 Å². The molecule has 1 N–H and O–H groups in total. The van der Waals surface area contributed by atoms with Gasteiger partial charge in [0.25, 0.3) is 11.7 Å². The maximum atomic E-state index is 13.7. The molecule has 1 fully saturated rings. The van der Waals surface area contributed by atoms with Gasteiger partial charge in [-0.25, -0.2) is 4.39 Å². The third kappa shape index (κ3) is 5.07. The summed E-state index contributed by atoms with van der Waals surface area (Å²) in [7, 11) is 0. The molecule has 4 rings (SSSR count). The molecular formula is C28H23F4NO4. The molecule has 0 saturated carbocycles. The van der Waals surface area contributed by atoms with Crippen LogP contribution in [0.2, 0.25) is 0 Å². The van der Waals surface area contributed by atoms with E-state index in [9.17, 15) is 32.3 Å². The highest BCUT2D eigenvalue weighted by molar-refractivity contribution is 6.51. The zero-order chi connectivity index (χ0) is 27.1. The molecule has 192 valence electrons.